The zero-order valence-electron chi connectivity index (χ0n) is 10.8. The predicted molar refractivity (Wildman–Crippen MR) is 72.2 cm³/mol. The van der Waals surface area contributed by atoms with Gasteiger partial charge in [0.2, 0.25) is 0 Å². The SMILES string of the molecule is COCc1ccccc1C(O)Cc1cccc(F)c1. The molecule has 100 valence electrons. The van der Waals surface area contributed by atoms with E-state index in [2.05, 4.69) is 0 Å². The van der Waals surface area contributed by atoms with Gasteiger partial charge in [-0.3, -0.25) is 0 Å². The Bertz CT molecular complexity index is 540. The topological polar surface area (TPSA) is 29.5 Å². The highest BCUT2D eigenvalue weighted by Crippen LogP contribution is 2.22. The summed E-state index contributed by atoms with van der Waals surface area (Å²) >= 11 is 0. The van der Waals surface area contributed by atoms with Gasteiger partial charge in [-0.25, -0.2) is 4.39 Å². The third-order valence-electron chi connectivity index (χ3n) is 3.03. The van der Waals surface area contributed by atoms with E-state index in [4.69, 9.17) is 4.74 Å². The second kappa shape index (κ2) is 6.45. The lowest BCUT2D eigenvalue weighted by atomic mass is 9.97. The largest absolute Gasteiger partial charge is 0.388 e. The van der Waals surface area contributed by atoms with E-state index in [9.17, 15) is 9.50 Å². The van der Waals surface area contributed by atoms with E-state index in [-0.39, 0.29) is 5.82 Å². The van der Waals surface area contributed by atoms with Gasteiger partial charge in [0, 0.05) is 13.5 Å². The van der Waals surface area contributed by atoms with E-state index in [1.807, 2.05) is 30.3 Å². The van der Waals surface area contributed by atoms with Crippen molar-refractivity contribution in [3.63, 3.8) is 0 Å². The first-order chi connectivity index (χ1) is 9.20. The van der Waals surface area contributed by atoms with Gasteiger partial charge in [-0.2, -0.15) is 0 Å². The Morgan fingerprint density at radius 3 is 2.68 bits per heavy atom. The number of methoxy groups -OCH3 is 1. The fraction of sp³-hybridized carbons (Fsp3) is 0.250. The lowest BCUT2D eigenvalue weighted by Crippen LogP contribution is -2.06. The first-order valence-electron chi connectivity index (χ1n) is 6.20. The predicted octanol–water partition coefficient (Wildman–Crippen LogP) is 3.25. The van der Waals surface area contributed by atoms with E-state index in [1.165, 1.54) is 12.1 Å². The van der Waals surface area contributed by atoms with Crippen LogP contribution in [-0.2, 0) is 17.8 Å². The quantitative estimate of drug-likeness (QED) is 0.894. The molecule has 0 aliphatic carbocycles. The van der Waals surface area contributed by atoms with Crippen molar-refractivity contribution >= 4 is 0 Å². The zero-order chi connectivity index (χ0) is 13.7. The summed E-state index contributed by atoms with van der Waals surface area (Å²) in [7, 11) is 1.62. The monoisotopic (exact) mass is 260 g/mol. The van der Waals surface area contributed by atoms with E-state index < -0.39 is 6.10 Å². The highest BCUT2D eigenvalue weighted by molar-refractivity contribution is 5.30. The molecule has 2 rings (SSSR count). The molecule has 1 atom stereocenters. The summed E-state index contributed by atoms with van der Waals surface area (Å²) in [6.45, 7) is 0.455. The van der Waals surface area contributed by atoms with Gasteiger partial charge in [0.1, 0.15) is 5.82 Å². The van der Waals surface area contributed by atoms with Crippen LogP contribution in [0.5, 0.6) is 0 Å². The molecule has 0 amide bonds. The molecule has 3 heteroatoms. The van der Waals surface area contributed by atoms with Crippen LogP contribution in [0.3, 0.4) is 0 Å². The Morgan fingerprint density at radius 2 is 1.95 bits per heavy atom. The van der Waals surface area contributed by atoms with Crippen LogP contribution in [0.25, 0.3) is 0 Å². The number of halogens is 1. The fourth-order valence-corrected chi connectivity index (χ4v) is 2.14. The second-order valence-electron chi connectivity index (χ2n) is 4.48. The molecule has 0 aliphatic rings. The van der Waals surface area contributed by atoms with Gasteiger partial charge >= 0.3 is 0 Å². The van der Waals surface area contributed by atoms with Gasteiger partial charge in [-0.05, 0) is 28.8 Å². The van der Waals surface area contributed by atoms with Crippen LogP contribution in [0.4, 0.5) is 4.39 Å². The van der Waals surface area contributed by atoms with Crippen molar-refractivity contribution in [2.75, 3.05) is 7.11 Å². The number of aliphatic hydroxyl groups excluding tert-OH is 1. The lowest BCUT2D eigenvalue weighted by molar-refractivity contribution is 0.161. The maximum absolute atomic E-state index is 13.1. The summed E-state index contributed by atoms with van der Waals surface area (Å²) in [5, 5.41) is 10.3. The minimum atomic E-state index is -0.659. The summed E-state index contributed by atoms with van der Waals surface area (Å²) < 4.78 is 18.2. The average molecular weight is 260 g/mol. The molecule has 0 saturated carbocycles. The van der Waals surface area contributed by atoms with Gasteiger partial charge in [-0.1, -0.05) is 36.4 Å². The third-order valence-corrected chi connectivity index (χ3v) is 3.03. The van der Waals surface area contributed by atoms with Gasteiger partial charge in [0.25, 0.3) is 0 Å². The summed E-state index contributed by atoms with van der Waals surface area (Å²) in [5.74, 6) is -0.283. The molecule has 0 bridgehead atoms. The highest BCUT2D eigenvalue weighted by Gasteiger charge is 2.12. The summed E-state index contributed by atoms with van der Waals surface area (Å²) in [6.07, 6.45) is -0.272. The molecule has 1 N–H and O–H groups in total. The van der Waals surface area contributed by atoms with Crippen LogP contribution >= 0.6 is 0 Å². The molecule has 0 radical (unpaired) electrons. The number of hydrogen-bond donors (Lipinski definition) is 1. The van der Waals surface area contributed by atoms with Crippen LogP contribution in [-0.4, -0.2) is 12.2 Å². The van der Waals surface area contributed by atoms with Gasteiger partial charge < -0.3 is 9.84 Å². The highest BCUT2D eigenvalue weighted by atomic mass is 19.1. The van der Waals surface area contributed by atoms with E-state index in [1.54, 1.807) is 13.2 Å². The zero-order valence-corrected chi connectivity index (χ0v) is 10.8. The Balaban J connectivity index is 2.17. The summed E-state index contributed by atoms with van der Waals surface area (Å²) in [4.78, 5) is 0. The van der Waals surface area contributed by atoms with Gasteiger partial charge in [-0.15, -0.1) is 0 Å². The molecule has 0 spiro atoms. The molecular weight excluding hydrogens is 243 g/mol. The van der Waals surface area contributed by atoms with Crippen molar-refractivity contribution in [3.05, 3.63) is 71.0 Å². The normalized spacial score (nSPS) is 12.4. The molecule has 0 heterocycles. The van der Waals surface area contributed by atoms with Crippen LogP contribution in [0.2, 0.25) is 0 Å². The first kappa shape index (κ1) is 13.7. The van der Waals surface area contributed by atoms with E-state index in [0.717, 1.165) is 16.7 Å². The lowest BCUT2D eigenvalue weighted by Gasteiger charge is -2.15. The Kier molecular flexibility index (Phi) is 4.66. The molecular formula is C16H17FO2. The number of benzene rings is 2. The van der Waals surface area contributed by atoms with Crippen LogP contribution in [0, 0.1) is 5.82 Å². The smallest absolute Gasteiger partial charge is 0.123 e. The standard InChI is InChI=1S/C16H17FO2/c1-19-11-13-6-2-3-8-15(13)16(18)10-12-5-4-7-14(17)9-12/h2-9,16,18H,10-11H2,1H3. The molecule has 2 nitrogen and oxygen atoms in total. The van der Waals surface area contributed by atoms with Crippen LogP contribution < -0.4 is 0 Å². The van der Waals surface area contributed by atoms with Crippen molar-refractivity contribution in [2.45, 2.75) is 19.1 Å². The van der Waals surface area contributed by atoms with Crippen molar-refractivity contribution in [1.29, 1.82) is 0 Å². The second-order valence-corrected chi connectivity index (χ2v) is 4.48. The molecule has 0 aromatic heterocycles. The number of aliphatic hydroxyl groups is 1. The van der Waals surface area contributed by atoms with Crippen molar-refractivity contribution in [2.24, 2.45) is 0 Å². The van der Waals surface area contributed by atoms with E-state index >= 15 is 0 Å². The number of ether oxygens (including phenoxy) is 1. The maximum Gasteiger partial charge on any atom is 0.123 e. The van der Waals surface area contributed by atoms with Crippen molar-refractivity contribution < 1.29 is 14.2 Å². The summed E-state index contributed by atoms with van der Waals surface area (Å²) in [5.41, 5.74) is 2.56. The van der Waals surface area contributed by atoms with Crippen LogP contribution in [0.15, 0.2) is 48.5 Å². The number of rotatable bonds is 5. The first-order valence-corrected chi connectivity index (χ1v) is 6.20. The molecule has 0 fully saturated rings. The average Bonchev–Trinajstić information content (AvgIpc) is 2.39. The van der Waals surface area contributed by atoms with Gasteiger partial charge in [0.05, 0.1) is 12.7 Å². The van der Waals surface area contributed by atoms with Crippen LogP contribution in [0.1, 0.15) is 22.8 Å². The minimum Gasteiger partial charge on any atom is -0.388 e. The molecule has 2 aromatic rings. The maximum atomic E-state index is 13.1. The van der Waals surface area contributed by atoms with Crippen molar-refractivity contribution in [3.8, 4) is 0 Å². The molecule has 0 aliphatic heterocycles. The summed E-state index contributed by atoms with van der Waals surface area (Å²) in [6, 6.07) is 13.9. The number of hydrogen-bond acceptors (Lipinski definition) is 2. The van der Waals surface area contributed by atoms with Gasteiger partial charge in [0.15, 0.2) is 0 Å². The minimum absolute atomic E-state index is 0.283. The molecule has 2 aromatic carbocycles. The Labute approximate surface area is 112 Å². The fourth-order valence-electron chi connectivity index (χ4n) is 2.14. The molecule has 0 saturated heterocycles. The van der Waals surface area contributed by atoms with Crippen molar-refractivity contribution in [1.82, 2.24) is 0 Å². The van der Waals surface area contributed by atoms with E-state index in [0.29, 0.717) is 13.0 Å². The molecule has 1 unspecified atom stereocenters. The Morgan fingerprint density at radius 1 is 1.16 bits per heavy atom. The Hall–Kier alpha value is -1.71. The molecule has 19 heavy (non-hydrogen) atoms. The third kappa shape index (κ3) is 3.63.